The van der Waals surface area contributed by atoms with Crippen LogP contribution in [0.4, 0.5) is 0 Å². The van der Waals surface area contributed by atoms with E-state index in [0.717, 1.165) is 16.8 Å². The van der Waals surface area contributed by atoms with Gasteiger partial charge in [-0.1, -0.05) is 0 Å². The SMILES string of the molecule is Cc1c(C(=O)NCC(c2cnn(C)c2)N(C)C)ccn1C. The highest BCUT2D eigenvalue weighted by Crippen LogP contribution is 2.16. The van der Waals surface area contributed by atoms with Gasteiger partial charge in [-0.3, -0.25) is 9.48 Å². The molecule has 1 amide bonds. The van der Waals surface area contributed by atoms with E-state index in [9.17, 15) is 4.79 Å². The van der Waals surface area contributed by atoms with E-state index in [-0.39, 0.29) is 11.9 Å². The molecule has 0 spiro atoms. The fourth-order valence-corrected chi connectivity index (χ4v) is 2.34. The lowest BCUT2D eigenvalue weighted by Gasteiger charge is -2.23. The van der Waals surface area contributed by atoms with Gasteiger partial charge in [0.2, 0.25) is 0 Å². The first-order valence-corrected chi connectivity index (χ1v) is 6.95. The number of rotatable bonds is 5. The number of likely N-dealkylation sites (N-methyl/N-ethyl adjacent to an activating group) is 1. The van der Waals surface area contributed by atoms with E-state index in [1.54, 1.807) is 4.68 Å². The maximum absolute atomic E-state index is 12.3. The second-order valence-electron chi connectivity index (χ2n) is 5.56. The number of aryl methyl sites for hydroxylation is 2. The fraction of sp³-hybridized carbons (Fsp3) is 0.467. The van der Waals surface area contributed by atoms with Crippen LogP contribution in [-0.4, -0.2) is 45.8 Å². The summed E-state index contributed by atoms with van der Waals surface area (Å²) in [5, 5.41) is 7.21. The van der Waals surface area contributed by atoms with E-state index >= 15 is 0 Å². The van der Waals surface area contributed by atoms with Crippen LogP contribution in [0.3, 0.4) is 0 Å². The summed E-state index contributed by atoms with van der Waals surface area (Å²) in [6.07, 6.45) is 5.71. The molecule has 0 aromatic carbocycles. The van der Waals surface area contributed by atoms with Crippen LogP contribution in [0, 0.1) is 6.92 Å². The Kier molecular flexibility index (Phi) is 4.47. The van der Waals surface area contributed by atoms with Crippen LogP contribution in [-0.2, 0) is 14.1 Å². The molecule has 2 aromatic heterocycles. The summed E-state index contributed by atoms with van der Waals surface area (Å²) in [6, 6.07) is 1.95. The Bertz CT molecular complexity index is 626. The first kappa shape index (κ1) is 15.3. The van der Waals surface area contributed by atoms with Crippen molar-refractivity contribution in [2.75, 3.05) is 20.6 Å². The number of hydrogen-bond acceptors (Lipinski definition) is 3. The standard InChI is InChI=1S/C15H23N5O/c1-11-13(6-7-19(11)4)15(21)16-9-14(18(2)3)12-8-17-20(5)10-12/h6-8,10,14H,9H2,1-5H3,(H,16,21). The molecule has 2 rings (SSSR count). The Labute approximate surface area is 125 Å². The van der Waals surface area contributed by atoms with Gasteiger partial charge in [0, 0.05) is 44.3 Å². The van der Waals surface area contributed by atoms with Crippen molar-refractivity contribution in [3.05, 3.63) is 41.5 Å². The normalized spacial score (nSPS) is 12.7. The lowest BCUT2D eigenvalue weighted by atomic mass is 10.1. The molecule has 1 unspecified atom stereocenters. The molecule has 0 fully saturated rings. The molecule has 1 atom stereocenters. The molecule has 0 aliphatic carbocycles. The highest BCUT2D eigenvalue weighted by molar-refractivity contribution is 5.95. The van der Waals surface area contributed by atoms with E-state index in [4.69, 9.17) is 0 Å². The van der Waals surface area contributed by atoms with Crippen molar-refractivity contribution in [1.29, 1.82) is 0 Å². The lowest BCUT2D eigenvalue weighted by molar-refractivity contribution is 0.0941. The number of hydrogen-bond donors (Lipinski definition) is 1. The third-order valence-corrected chi connectivity index (χ3v) is 3.82. The average Bonchev–Trinajstić information content (AvgIpc) is 2.97. The predicted molar refractivity (Wildman–Crippen MR) is 82.1 cm³/mol. The minimum Gasteiger partial charge on any atom is -0.354 e. The van der Waals surface area contributed by atoms with Crippen molar-refractivity contribution in [2.24, 2.45) is 14.1 Å². The Morgan fingerprint density at radius 3 is 2.62 bits per heavy atom. The molecule has 2 heterocycles. The largest absolute Gasteiger partial charge is 0.354 e. The molecule has 0 aliphatic heterocycles. The number of nitrogens with one attached hydrogen (secondary N) is 1. The Hall–Kier alpha value is -2.08. The number of amides is 1. The van der Waals surface area contributed by atoms with E-state index in [0.29, 0.717) is 6.54 Å². The van der Waals surface area contributed by atoms with E-state index in [2.05, 4.69) is 15.3 Å². The third-order valence-electron chi connectivity index (χ3n) is 3.82. The van der Waals surface area contributed by atoms with Gasteiger partial charge >= 0.3 is 0 Å². The summed E-state index contributed by atoms with van der Waals surface area (Å²) in [5.41, 5.74) is 2.78. The van der Waals surface area contributed by atoms with Crippen LogP contribution in [0.2, 0.25) is 0 Å². The molecule has 0 bridgehead atoms. The van der Waals surface area contributed by atoms with Crippen LogP contribution in [0.1, 0.15) is 27.7 Å². The summed E-state index contributed by atoms with van der Waals surface area (Å²) >= 11 is 0. The van der Waals surface area contributed by atoms with E-state index in [1.165, 1.54) is 0 Å². The van der Waals surface area contributed by atoms with Crippen LogP contribution in [0.5, 0.6) is 0 Å². The van der Waals surface area contributed by atoms with Crippen LogP contribution in [0.25, 0.3) is 0 Å². The minimum absolute atomic E-state index is 0.0381. The summed E-state index contributed by atoms with van der Waals surface area (Å²) in [6.45, 7) is 2.49. The van der Waals surface area contributed by atoms with Crippen molar-refractivity contribution in [3.8, 4) is 0 Å². The van der Waals surface area contributed by atoms with Crippen molar-refractivity contribution in [3.63, 3.8) is 0 Å². The molecular weight excluding hydrogens is 266 g/mol. The zero-order valence-electron chi connectivity index (χ0n) is 13.3. The Morgan fingerprint density at radius 2 is 2.14 bits per heavy atom. The summed E-state index contributed by atoms with van der Waals surface area (Å²) in [7, 11) is 7.82. The molecule has 21 heavy (non-hydrogen) atoms. The minimum atomic E-state index is -0.0381. The smallest absolute Gasteiger partial charge is 0.253 e. The molecule has 6 nitrogen and oxygen atoms in total. The van der Waals surface area contributed by atoms with Gasteiger partial charge < -0.3 is 14.8 Å². The van der Waals surface area contributed by atoms with E-state index < -0.39 is 0 Å². The number of nitrogens with zero attached hydrogens (tertiary/aromatic N) is 4. The van der Waals surface area contributed by atoms with Crippen molar-refractivity contribution in [2.45, 2.75) is 13.0 Å². The van der Waals surface area contributed by atoms with Gasteiger partial charge in [0.05, 0.1) is 17.8 Å². The highest BCUT2D eigenvalue weighted by Gasteiger charge is 2.18. The summed E-state index contributed by atoms with van der Waals surface area (Å²) in [5.74, 6) is -0.0381. The number of carbonyl (C=O) groups is 1. The van der Waals surface area contributed by atoms with Gasteiger partial charge in [-0.25, -0.2) is 0 Å². The quantitative estimate of drug-likeness (QED) is 0.897. The molecule has 0 saturated carbocycles. The predicted octanol–water partition coefficient (Wildman–Crippen LogP) is 1.10. The monoisotopic (exact) mass is 289 g/mol. The maximum atomic E-state index is 12.3. The summed E-state index contributed by atoms with van der Waals surface area (Å²) < 4.78 is 3.72. The lowest BCUT2D eigenvalue weighted by Crippen LogP contribution is -2.34. The van der Waals surface area contributed by atoms with Crippen LogP contribution >= 0.6 is 0 Å². The Morgan fingerprint density at radius 1 is 1.43 bits per heavy atom. The molecule has 0 aliphatic rings. The molecule has 1 N–H and O–H groups in total. The molecule has 0 radical (unpaired) electrons. The first-order chi connectivity index (χ1) is 9.90. The van der Waals surface area contributed by atoms with Gasteiger partial charge in [0.25, 0.3) is 5.91 Å². The molecule has 6 heteroatoms. The van der Waals surface area contributed by atoms with Crippen molar-refractivity contribution in [1.82, 2.24) is 24.6 Å². The number of aromatic nitrogens is 3. The first-order valence-electron chi connectivity index (χ1n) is 6.95. The maximum Gasteiger partial charge on any atom is 0.253 e. The third kappa shape index (κ3) is 3.33. The molecule has 2 aromatic rings. The van der Waals surface area contributed by atoms with Crippen LogP contribution in [0.15, 0.2) is 24.7 Å². The molecular formula is C15H23N5O. The summed E-state index contributed by atoms with van der Waals surface area (Å²) in [4.78, 5) is 14.4. The molecule has 114 valence electrons. The number of carbonyl (C=O) groups excluding carboxylic acids is 1. The van der Waals surface area contributed by atoms with Crippen LogP contribution < -0.4 is 5.32 Å². The fourth-order valence-electron chi connectivity index (χ4n) is 2.34. The van der Waals surface area contributed by atoms with Gasteiger partial charge in [-0.15, -0.1) is 0 Å². The van der Waals surface area contributed by atoms with Gasteiger partial charge in [-0.05, 0) is 27.1 Å². The molecule has 0 saturated heterocycles. The van der Waals surface area contributed by atoms with E-state index in [1.807, 2.05) is 64.3 Å². The average molecular weight is 289 g/mol. The zero-order chi connectivity index (χ0) is 15.6. The van der Waals surface area contributed by atoms with Gasteiger partial charge in [0.1, 0.15) is 0 Å². The zero-order valence-corrected chi connectivity index (χ0v) is 13.3. The highest BCUT2D eigenvalue weighted by atomic mass is 16.1. The van der Waals surface area contributed by atoms with Gasteiger partial charge in [0.15, 0.2) is 0 Å². The van der Waals surface area contributed by atoms with Crippen molar-refractivity contribution >= 4 is 5.91 Å². The second kappa shape index (κ2) is 6.13. The topological polar surface area (TPSA) is 55.1 Å². The van der Waals surface area contributed by atoms with Crippen molar-refractivity contribution < 1.29 is 4.79 Å². The Balaban J connectivity index is 2.06. The van der Waals surface area contributed by atoms with Gasteiger partial charge in [-0.2, -0.15) is 5.10 Å². The second-order valence-corrected chi connectivity index (χ2v) is 5.56.